The summed E-state index contributed by atoms with van der Waals surface area (Å²) < 4.78 is 12.7. The highest BCUT2D eigenvalue weighted by atomic mass is 79.9. The third-order valence-corrected chi connectivity index (χ3v) is 5.17. The number of anilines is 2. The SMILES string of the molecule is CCOc1cc(CNc2ccc(NC(C)=O)cc2)cc(Br)c1OCc1cccc(Cl)c1. The fourth-order valence-corrected chi connectivity index (χ4v) is 3.80. The Morgan fingerprint density at radius 1 is 1.00 bits per heavy atom. The van der Waals surface area contributed by atoms with E-state index in [2.05, 4.69) is 26.6 Å². The van der Waals surface area contributed by atoms with Crippen LogP contribution in [-0.4, -0.2) is 12.5 Å². The second kappa shape index (κ2) is 11.1. The van der Waals surface area contributed by atoms with Gasteiger partial charge in [0.1, 0.15) is 6.61 Å². The lowest BCUT2D eigenvalue weighted by atomic mass is 10.2. The van der Waals surface area contributed by atoms with Gasteiger partial charge in [-0.1, -0.05) is 23.7 Å². The van der Waals surface area contributed by atoms with Crippen molar-refractivity contribution in [3.05, 3.63) is 81.3 Å². The lowest BCUT2D eigenvalue weighted by Gasteiger charge is -2.16. The van der Waals surface area contributed by atoms with E-state index in [1.54, 1.807) is 0 Å². The Balaban J connectivity index is 1.69. The molecule has 0 unspecified atom stereocenters. The highest BCUT2D eigenvalue weighted by Gasteiger charge is 2.13. The minimum Gasteiger partial charge on any atom is -0.490 e. The third-order valence-electron chi connectivity index (χ3n) is 4.34. The Morgan fingerprint density at radius 3 is 2.42 bits per heavy atom. The van der Waals surface area contributed by atoms with Crippen LogP contribution >= 0.6 is 27.5 Å². The summed E-state index contributed by atoms with van der Waals surface area (Å²) in [5.74, 6) is 1.24. The molecule has 3 aromatic carbocycles. The second-order valence-corrected chi connectivity index (χ2v) is 8.16. The zero-order valence-electron chi connectivity index (χ0n) is 17.4. The number of hydrogen-bond acceptors (Lipinski definition) is 4. The molecule has 0 aliphatic rings. The molecule has 3 aromatic rings. The highest BCUT2D eigenvalue weighted by molar-refractivity contribution is 9.10. The molecule has 31 heavy (non-hydrogen) atoms. The summed E-state index contributed by atoms with van der Waals surface area (Å²) in [6.45, 7) is 4.95. The number of halogens is 2. The van der Waals surface area contributed by atoms with Crippen molar-refractivity contribution in [1.29, 1.82) is 0 Å². The lowest BCUT2D eigenvalue weighted by molar-refractivity contribution is -0.114. The maximum atomic E-state index is 11.1. The number of carbonyl (C=O) groups is 1. The van der Waals surface area contributed by atoms with Crippen LogP contribution in [0.15, 0.2) is 65.1 Å². The van der Waals surface area contributed by atoms with Crippen molar-refractivity contribution >= 4 is 44.8 Å². The van der Waals surface area contributed by atoms with Crippen LogP contribution in [0.25, 0.3) is 0 Å². The van der Waals surface area contributed by atoms with Crippen molar-refractivity contribution < 1.29 is 14.3 Å². The van der Waals surface area contributed by atoms with Crippen LogP contribution in [0.4, 0.5) is 11.4 Å². The van der Waals surface area contributed by atoms with Crippen LogP contribution < -0.4 is 20.1 Å². The molecule has 0 radical (unpaired) electrons. The second-order valence-electron chi connectivity index (χ2n) is 6.87. The molecule has 0 aromatic heterocycles. The molecular weight excluding hydrogens is 480 g/mol. The first-order chi connectivity index (χ1) is 14.9. The van der Waals surface area contributed by atoms with Gasteiger partial charge in [0, 0.05) is 29.9 Å². The van der Waals surface area contributed by atoms with Crippen LogP contribution in [-0.2, 0) is 17.9 Å². The number of ether oxygens (including phenoxy) is 2. The normalized spacial score (nSPS) is 10.5. The highest BCUT2D eigenvalue weighted by Crippen LogP contribution is 2.37. The van der Waals surface area contributed by atoms with Gasteiger partial charge in [0.15, 0.2) is 11.5 Å². The quantitative estimate of drug-likeness (QED) is 0.343. The summed E-state index contributed by atoms with van der Waals surface area (Å²) in [7, 11) is 0. The summed E-state index contributed by atoms with van der Waals surface area (Å²) >= 11 is 9.68. The van der Waals surface area contributed by atoms with Crippen molar-refractivity contribution in [2.24, 2.45) is 0 Å². The monoisotopic (exact) mass is 502 g/mol. The number of rotatable bonds is 9. The Labute approximate surface area is 195 Å². The number of carbonyl (C=O) groups excluding carboxylic acids is 1. The van der Waals surface area contributed by atoms with Gasteiger partial charge >= 0.3 is 0 Å². The molecule has 0 bridgehead atoms. The van der Waals surface area contributed by atoms with Crippen LogP contribution in [0.2, 0.25) is 5.02 Å². The Hall–Kier alpha value is -2.70. The molecule has 1 amide bonds. The molecule has 5 nitrogen and oxygen atoms in total. The van der Waals surface area contributed by atoms with E-state index in [9.17, 15) is 4.79 Å². The summed E-state index contributed by atoms with van der Waals surface area (Å²) in [6.07, 6.45) is 0. The molecular formula is C24H24BrClN2O3. The summed E-state index contributed by atoms with van der Waals surface area (Å²) in [5, 5.41) is 6.81. The van der Waals surface area contributed by atoms with Gasteiger partial charge in [0.05, 0.1) is 11.1 Å². The molecule has 0 saturated carbocycles. The Bertz CT molecular complexity index is 1040. The molecule has 0 saturated heterocycles. The number of amides is 1. The van der Waals surface area contributed by atoms with Crippen LogP contribution in [0.5, 0.6) is 11.5 Å². The van der Waals surface area contributed by atoms with Gasteiger partial charge in [-0.15, -0.1) is 0 Å². The number of nitrogens with one attached hydrogen (secondary N) is 2. The maximum absolute atomic E-state index is 11.1. The van der Waals surface area contributed by atoms with Gasteiger partial charge in [-0.25, -0.2) is 0 Å². The van der Waals surface area contributed by atoms with E-state index in [1.807, 2.05) is 67.6 Å². The van der Waals surface area contributed by atoms with Gasteiger partial charge < -0.3 is 20.1 Å². The largest absolute Gasteiger partial charge is 0.490 e. The number of benzene rings is 3. The van der Waals surface area contributed by atoms with E-state index in [-0.39, 0.29) is 5.91 Å². The molecule has 0 spiro atoms. The molecule has 162 valence electrons. The zero-order valence-corrected chi connectivity index (χ0v) is 19.7. The summed E-state index contributed by atoms with van der Waals surface area (Å²) in [6, 6.07) is 19.1. The average molecular weight is 504 g/mol. The van der Waals surface area contributed by atoms with E-state index < -0.39 is 0 Å². The van der Waals surface area contributed by atoms with E-state index >= 15 is 0 Å². The first-order valence-corrected chi connectivity index (χ1v) is 11.1. The Kier molecular flexibility index (Phi) is 8.20. The predicted octanol–water partition coefficient (Wildman–Crippen LogP) is 6.65. The zero-order chi connectivity index (χ0) is 22.2. The van der Waals surface area contributed by atoms with Gasteiger partial charge in [0.25, 0.3) is 0 Å². The topological polar surface area (TPSA) is 59.6 Å². The minimum atomic E-state index is -0.0910. The molecule has 0 aliphatic heterocycles. The Morgan fingerprint density at radius 2 is 1.74 bits per heavy atom. The van der Waals surface area contributed by atoms with Gasteiger partial charge in [-0.3, -0.25) is 4.79 Å². The van der Waals surface area contributed by atoms with Crippen molar-refractivity contribution in [3.63, 3.8) is 0 Å². The van der Waals surface area contributed by atoms with Crippen molar-refractivity contribution in [3.8, 4) is 11.5 Å². The van der Waals surface area contributed by atoms with Crippen LogP contribution in [0.3, 0.4) is 0 Å². The predicted molar refractivity (Wildman–Crippen MR) is 129 cm³/mol. The molecule has 7 heteroatoms. The first-order valence-electron chi connectivity index (χ1n) is 9.88. The first kappa shape index (κ1) is 23.0. The third kappa shape index (κ3) is 6.91. The van der Waals surface area contributed by atoms with Crippen LogP contribution in [0, 0.1) is 0 Å². The molecule has 0 atom stereocenters. The molecule has 0 fully saturated rings. The van der Waals surface area contributed by atoms with Crippen molar-refractivity contribution in [2.45, 2.75) is 27.0 Å². The van der Waals surface area contributed by atoms with Gasteiger partial charge in [-0.2, -0.15) is 0 Å². The standard InChI is InChI=1S/C24H24BrClN2O3/c1-3-30-23-13-18(14-27-20-7-9-21(10-8-20)28-16(2)29)12-22(25)24(23)31-15-17-5-4-6-19(26)11-17/h4-13,27H,3,14-15H2,1-2H3,(H,28,29). The van der Waals surface area contributed by atoms with Gasteiger partial charge in [-0.05, 0) is 82.5 Å². The average Bonchev–Trinajstić information content (AvgIpc) is 2.72. The van der Waals surface area contributed by atoms with Crippen molar-refractivity contribution in [2.75, 3.05) is 17.2 Å². The maximum Gasteiger partial charge on any atom is 0.221 e. The lowest BCUT2D eigenvalue weighted by Crippen LogP contribution is -2.06. The molecule has 0 heterocycles. The van der Waals surface area contributed by atoms with E-state index in [1.165, 1.54) is 6.92 Å². The molecule has 3 rings (SSSR count). The summed E-state index contributed by atoms with van der Waals surface area (Å²) in [4.78, 5) is 11.1. The minimum absolute atomic E-state index is 0.0910. The van der Waals surface area contributed by atoms with Crippen molar-refractivity contribution in [1.82, 2.24) is 0 Å². The van der Waals surface area contributed by atoms with E-state index in [4.69, 9.17) is 21.1 Å². The number of hydrogen-bond donors (Lipinski definition) is 2. The smallest absolute Gasteiger partial charge is 0.221 e. The van der Waals surface area contributed by atoms with E-state index in [0.29, 0.717) is 36.3 Å². The van der Waals surface area contributed by atoms with Crippen LogP contribution in [0.1, 0.15) is 25.0 Å². The van der Waals surface area contributed by atoms with E-state index in [0.717, 1.165) is 27.0 Å². The molecule has 0 aliphatic carbocycles. The fraction of sp³-hybridized carbons (Fsp3) is 0.208. The van der Waals surface area contributed by atoms with Gasteiger partial charge in [0.2, 0.25) is 5.91 Å². The molecule has 2 N–H and O–H groups in total. The summed E-state index contributed by atoms with van der Waals surface area (Å²) in [5.41, 5.74) is 3.73. The fourth-order valence-electron chi connectivity index (χ4n) is 2.99.